The van der Waals surface area contributed by atoms with E-state index in [1.54, 1.807) is 49.4 Å². The Kier molecular flexibility index (Phi) is 6.08. The van der Waals surface area contributed by atoms with Crippen molar-refractivity contribution in [2.24, 2.45) is 0 Å². The van der Waals surface area contributed by atoms with Crippen LogP contribution in [-0.4, -0.2) is 23.5 Å². The van der Waals surface area contributed by atoms with Gasteiger partial charge in [0.25, 0.3) is 5.91 Å². The fourth-order valence-electron chi connectivity index (χ4n) is 2.39. The smallest absolute Gasteiger partial charge is 0.251 e. The van der Waals surface area contributed by atoms with E-state index in [0.717, 1.165) is 0 Å². The average Bonchev–Trinajstić information content (AvgIpc) is 2.60. The molecular weight excluding hydrogens is 316 g/mol. The summed E-state index contributed by atoms with van der Waals surface area (Å²) in [5.74, 6) is -0.512. The second-order valence-corrected chi connectivity index (χ2v) is 5.94. The molecule has 5 heteroatoms. The van der Waals surface area contributed by atoms with Crippen molar-refractivity contribution in [1.82, 2.24) is 5.32 Å². The fourth-order valence-corrected chi connectivity index (χ4v) is 2.39. The molecule has 0 fully saturated rings. The van der Waals surface area contributed by atoms with Gasteiger partial charge in [-0.15, -0.1) is 6.58 Å². The van der Waals surface area contributed by atoms with Crippen LogP contribution in [0.15, 0.2) is 67.3 Å². The summed E-state index contributed by atoms with van der Waals surface area (Å²) in [5.41, 5.74) is 0.486. The van der Waals surface area contributed by atoms with Gasteiger partial charge >= 0.3 is 0 Å². The van der Waals surface area contributed by atoms with Crippen molar-refractivity contribution in [2.45, 2.75) is 18.9 Å². The number of hydrogen-bond acceptors (Lipinski definition) is 3. The zero-order chi connectivity index (χ0) is 18.3. The molecular formula is C20H22N2O3. The highest BCUT2D eigenvalue weighted by molar-refractivity contribution is 5.96. The first kappa shape index (κ1) is 18.4. The second kappa shape index (κ2) is 8.26. The number of hydrogen-bond donors (Lipinski definition) is 3. The molecule has 1 unspecified atom stereocenters. The topological polar surface area (TPSA) is 78.4 Å². The molecule has 1 atom stereocenters. The molecule has 0 bridgehead atoms. The normalized spacial score (nSPS) is 12.7. The molecule has 0 radical (unpaired) electrons. The Bertz CT molecular complexity index is 737. The van der Waals surface area contributed by atoms with Gasteiger partial charge < -0.3 is 15.7 Å². The van der Waals surface area contributed by atoms with Crippen LogP contribution in [0.1, 0.15) is 29.3 Å². The van der Waals surface area contributed by atoms with Gasteiger partial charge in [-0.3, -0.25) is 9.59 Å². The average molecular weight is 338 g/mol. The Morgan fingerprint density at radius 3 is 2.36 bits per heavy atom. The highest BCUT2D eigenvalue weighted by Gasteiger charge is 2.26. The number of nitrogens with one attached hydrogen (secondary N) is 2. The van der Waals surface area contributed by atoms with Gasteiger partial charge in [0.1, 0.15) is 0 Å². The molecule has 0 aliphatic rings. The lowest BCUT2D eigenvalue weighted by atomic mass is 9.92. The van der Waals surface area contributed by atoms with Crippen LogP contribution in [0.5, 0.6) is 0 Å². The van der Waals surface area contributed by atoms with Crippen molar-refractivity contribution in [2.75, 3.05) is 11.9 Å². The van der Waals surface area contributed by atoms with Crippen LogP contribution in [0, 0.1) is 0 Å². The maximum Gasteiger partial charge on any atom is 0.251 e. The SMILES string of the molecule is C=CCNC(=O)c1ccc(NC(=O)CC(C)(O)c2ccccc2)cc1. The lowest BCUT2D eigenvalue weighted by molar-refractivity contribution is -0.120. The summed E-state index contributed by atoms with van der Waals surface area (Å²) in [4.78, 5) is 24.0. The van der Waals surface area contributed by atoms with E-state index in [1.165, 1.54) is 0 Å². The molecule has 0 spiro atoms. The zero-order valence-corrected chi connectivity index (χ0v) is 14.2. The molecule has 0 saturated carbocycles. The Hall–Kier alpha value is -2.92. The fraction of sp³-hybridized carbons (Fsp3) is 0.200. The van der Waals surface area contributed by atoms with Gasteiger partial charge in [-0.25, -0.2) is 0 Å². The van der Waals surface area contributed by atoms with Gasteiger partial charge in [0.05, 0.1) is 12.0 Å². The Morgan fingerprint density at radius 2 is 1.76 bits per heavy atom. The Labute approximate surface area is 147 Å². The number of rotatable bonds is 7. The van der Waals surface area contributed by atoms with E-state index in [2.05, 4.69) is 17.2 Å². The third kappa shape index (κ3) is 5.29. The molecule has 5 nitrogen and oxygen atoms in total. The van der Waals surface area contributed by atoms with Crippen molar-refractivity contribution in [1.29, 1.82) is 0 Å². The maximum absolute atomic E-state index is 12.2. The minimum atomic E-state index is -1.25. The van der Waals surface area contributed by atoms with Crippen molar-refractivity contribution < 1.29 is 14.7 Å². The molecule has 2 rings (SSSR count). The van der Waals surface area contributed by atoms with Gasteiger partial charge in [0.2, 0.25) is 5.91 Å². The summed E-state index contributed by atoms with van der Waals surface area (Å²) >= 11 is 0. The first-order chi connectivity index (χ1) is 11.9. The monoisotopic (exact) mass is 338 g/mol. The minimum absolute atomic E-state index is 0.0708. The number of aliphatic hydroxyl groups is 1. The molecule has 130 valence electrons. The van der Waals surface area contributed by atoms with E-state index < -0.39 is 5.60 Å². The van der Waals surface area contributed by atoms with Crippen LogP contribution in [0.3, 0.4) is 0 Å². The van der Waals surface area contributed by atoms with Gasteiger partial charge in [-0.1, -0.05) is 36.4 Å². The van der Waals surface area contributed by atoms with Crippen LogP contribution in [0.4, 0.5) is 5.69 Å². The minimum Gasteiger partial charge on any atom is -0.385 e. The predicted molar refractivity (Wildman–Crippen MR) is 98.2 cm³/mol. The Morgan fingerprint density at radius 1 is 1.12 bits per heavy atom. The third-order valence-corrected chi connectivity index (χ3v) is 3.74. The van der Waals surface area contributed by atoms with Crippen LogP contribution in [0.2, 0.25) is 0 Å². The second-order valence-electron chi connectivity index (χ2n) is 5.94. The number of benzene rings is 2. The largest absolute Gasteiger partial charge is 0.385 e. The number of carbonyl (C=O) groups excluding carboxylic acids is 2. The number of carbonyl (C=O) groups is 2. The van der Waals surface area contributed by atoms with Crippen molar-refractivity contribution in [3.63, 3.8) is 0 Å². The Balaban J connectivity index is 1.96. The summed E-state index contributed by atoms with van der Waals surface area (Å²) < 4.78 is 0. The molecule has 3 N–H and O–H groups in total. The first-order valence-electron chi connectivity index (χ1n) is 7.99. The van der Waals surface area contributed by atoms with E-state index in [-0.39, 0.29) is 18.2 Å². The van der Waals surface area contributed by atoms with Crippen LogP contribution >= 0.6 is 0 Å². The van der Waals surface area contributed by atoms with Crippen LogP contribution in [0.25, 0.3) is 0 Å². The molecule has 0 aliphatic carbocycles. The first-order valence-corrected chi connectivity index (χ1v) is 7.99. The molecule has 25 heavy (non-hydrogen) atoms. The van der Waals surface area contributed by atoms with Crippen molar-refractivity contribution in [3.8, 4) is 0 Å². The lowest BCUT2D eigenvalue weighted by Gasteiger charge is -2.23. The van der Waals surface area contributed by atoms with E-state index in [0.29, 0.717) is 23.4 Å². The van der Waals surface area contributed by atoms with Crippen LogP contribution < -0.4 is 10.6 Å². The molecule has 2 aromatic rings. The molecule has 2 amide bonds. The summed E-state index contributed by atoms with van der Waals surface area (Å²) in [6, 6.07) is 15.6. The summed E-state index contributed by atoms with van der Waals surface area (Å²) in [6.45, 7) is 5.54. The van der Waals surface area contributed by atoms with Crippen LogP contribution in [-0.2, 0) is 10.4 Å². The molecule has 2 aromatic carbocycles. The van der Waals surface area contributed by atoms with Crippen molar-refractivity contribution in [3.05, 3.63) is 78.4 Å². The number of amides is 2. The van der Waals surface area contributed by atoms with Crippen molar-refractivity contribution >= 4 is 17.5 Å². The zero-order valence-electron chi connectivity index (χ0n) is 14.2. The highest BCUT2D eigenvalue weighted by atomic mass is 16.3. The quantitative estimate of drug-likeness (QED) is 0.679. The van der Waals surface area contributed by atoms with E-state index in [4.69, 9.17) is 0 Å². The summed E-state index contributed by atoms with van der Waals surface area (Å²) in [7, 11) is 0. The highest BCUT2D eigenvalue weighted by Crippen LogP contribution is 2.24. The van der Waals surface area contributed by atoms with E-state index in [9.17, 15) is 14.7 Å². The maximum atomic E-state index is 12.2. The number of anilines is 1. The van der Waals surface area contributed by atoms with E-state index in [1.807, 2.05) is 18.2 Å². The van der Waals surface area contributed by atoms with E-state index >= 15 is 0 Å². The van der Waals surface area contributed by atoms with Gasteiger partial charge in [-0.2, -0.15) is 0 Å². The summed E-state index contributed by atoms with van der Waals surface area (Å²) in [6.07, 6.45) is 1.53. The molecule has 0 saturated heterocycles. The molecule has 0 aliphatic heterocycles. The third-order valence-electron chi connectivity index (χ3n) is 3.74. The molecule has 0 aromatic heterocycles. The predicted octanol–water partition coefficient (Wildman–Crippen LogP) is 2.84. The standard InChI is InChI=1S/C20H22N2O3/c1-3-13-21-19(24)15-9-11-17(12-10-15)22-18(23)14-20(2,25)16-7-5-4-6-8-16/h3-12,25H,1,13-14H2,2H3,(H,21,24)(H,22,23). The lowest BCUT2D eigenvalue weighted by Crippen LogP contribution is -2.28. The van der Waals surface area contributed by atoms with Gasteiger partial charge in [-0.05, 0) is 36.8 Å². The summed E-state index contributed by atoms with van der Waals surface area (Å²) in [5, 5.41) is 15.9. The van der Waals surface area contributed by atoms with Gasteiger partial charge in [0.15, 0.2) is 0 Å². The van der Waals surface area contributed by atoms with Gasteiger partial charge in [0, 0.05) is 17.8 Å². The molecule has 0 heterocycles.